The van der Waals surface area contributed by atoms with Gasteiger partial charge in [-0.05, 0) is 74.9 Å². The third kappa shape index (κ3) is 2.69. The molecule has 3 unspecified atom stereocenters. The Morgan fingerprint density at radius 1 is 1.10 bits per heavy atom. The lowest BCUT2D eigenvalue weighted by Crippen LogP contribution is -2.51. The van der Waals surface area contributed by atoms with Gasteiger partial charge >= 0.3 is 0 Å². The second-order valence-corrected chi connectivity index (χ2v) is 7.82. The van der Waals surface area contributed by atoms with Gasteiger partial charge in [0.25, 0.3) is 0 Å². The average Bonchev–Trinajstić information content (AvgIpc) is 3.16. The zero-order valence-corrected chi connectivity index (χ0v) is 14.2. The van der Waals surface area contributed by atoms with E-state index in [1.165, 1.54) is 62.5 Å². The summed E-state index contributed by atoms with van der Waals surface area (Å²) in [6.07, 6.45) is 9.49. The molecule has 0 spiro atoms. The molecule has 1 aromatic rings. The van der Waals surface area contributed by atoms with Gasteiger partial charge in [0, 0.05) is 22.6 Å². The molecule has 0 bridgehead atoms. The van der Waals surface area contributed by atoms with E-state index in [4.69, 9.17) is 0 Å². The normalized spacial score (nSPS) is 33.3. The summed E-state index contributed by atoms with van der Waals surface area (Å²) in [7, 11) is 0. The number of piperidine rings is 1. The Bertz CT molecular complexity index is 510. The van der Waals surface area contributed by atoms with Crippen molar-refractivity contribution in [2.24, 2.45) is 0 Å². The molecule has 3 heteroatoms. The van der Waals surface area contributed by atoms with Crippen molar-refractivity contribution in [3.05, 3.63) is 33.8 Å². The molecule has 114 valence electrons. The Morgan fingerprint density at radius 3 is 2.90 bits per heavy atom. The van der Waals surface area contributed by atoms with Crippen LogP contribution in [0.5, 0.6) is 0 Å². The predicted octanol–water partition coefficient (Wildman–Crippen LogP) is 4.04. The maximum atomic E-state index is 3.76. The van der Waals surface area contributed by atoms with E-state index in [0.29, 0.717) is 6.04 Å². The molecule has 2 fully saturated rings. The van der Waals surface area contributed by atoms with Crippen LogP contribution in [0.15, 0.2) is 22.7 Å². The fourth-order valence-corrected chi connectivity index (χ4v) is 5.16. The van der Waals surface area contributed by atoms with E-state index in [0.717, 1.165) is 12.1 Å². The van der Waals surface area contributed by atoms with Gasteiger partial charge in [0.1, 0.15) is 0 Å². The van der Waals surface area contributed by atoms with E-state index < -0.39 is 0 Å². The smallest absolute Gasteiger partial charge is 0.0357 e. The lowest BCUT2D eigenvalue weighted by Gasteiger charge is -2.43. The number of rotatable bonds is 2. The number of fused-ring (bicyclic) bond motifs is 1. The molecule has 3 aliphatic rings. The summed E-state index contributed by atoms with van der Waals surface area (Å²) in [6, 6.07) is 9.10. The number of hydrogen-bond donors (Lipinski definition) is 1. The Balaban J connectivity index is 1.60. The number of benzene rings is 1. The molecule has 4 rings (SSSR count). The highest BCUT2D eigenvalue weighted by Crippen LogP contribution is 2.41. The predicted molar refractivity (Wildman–Crippen MR) is 90.6 cm³/mol. The van der Waals surface area contributed by atoms with Crippen LogP contribution >= 0.6 is 15.9 Å². The first-order valence-electron chi connectivity index (χ1n) is 8.60. The lowest BCUT2D eigenvalue weighted by molar-refractivity contribution is 0.0728. The number of nitrogens with one attached hydrogen (secondary N) is 1. The molecular formula is C18H25BrN2. The maximum Gasteiger partial charge on any atom is 0.0357 e. The zero-order chi connectivity index (χ0) is 14.2. The van der Waals surface area contributed by atoms with Crippen LogP contribution in [0.25, 0.3) is 0 Å². The highest BCUT2D eigenvalue weighted by molar-refractivity contribution is 9.10. The van der Waals surface area contributed by atoms with E-state index >= 15 is 0 Å². The second kappa shape index (κ2) is 6.02. The van der Waals surface area contributed by atoms with E-state index in [2.05, 4.69) is 44.3 Å². The lowest BCUT2D eigenvalue weighted by atomic mass is 9.91. The number of likely N-dealkylation sites (tertiary alicyclic amines) is 1. The van der Waals surface area contributed by atoms with Gasteiger partial charge in [-0.2, -0.15) is 0 Å². The zero-order valence-electron chi connectivity index (χ0n) is 12.7. The first-order valence-corrected chi connectivity index (χ1v) is 9.40. The van der Waals surface area contributed by atoms with Gasteiger partial charge in [-0.25, -0.2) is 0 Å². The van der Waals surface area contributed by atoms with Gasteiger partial charge in [0.15, 0.2) is 0 Å². The van der Waals surface area contributed by atoms with E-state index in [9.17, 15) is 0 Å². The molecule has 21 heavy (non-hydrogen) atoms. The highest BCUT2D eigenvalue weighted by atomic mass is 79.9. The molecule has 1 N–H and O–H groups in total. The van der Waals surface area contributed by atoms with Gasteiger partial charge in [0.05, 0.1) is 0 Å². The van der Waals surface area contributed by atoms with Crippen LogP contribution in [0.2, 0.25) is 0 Å². The quantitative estimate of drug-likeness (QED) is 0.867. The van der Waals surface area contributed by atoms with Gasteiger partial charge in [0.2, 0.25) is 0 Å². The van der Waals surface area contributed by atoms with Crippen molar-refractivity contribution < 1.29 is 0 Å². The summed E-state index contributed by atoms with van der Waals surface area (Å²) in [5.41, 5.74) is 3.17. The first-order chi connectivity index (χ1) is 10.3. The van der Waals surface area contributed by atoms with Gasteiger partial charge in [-0.3, -0.25) is 4.90 Å². The Morgan fingerprint density at radius 2 is 2.05 bits per heavy atom. The summed E-state index contributed by atoms with van der Waals surface area (Å²) < 4.78 is 1.23. The summed E-state index contributed by atoms with van der Waals surface area (Å²) in [5, 5.41) is 3.76. The fraction of sp³-hybridized carbons (Fsp3) is 0.667. The minimum absolute atomic E-state index is 0.667. The topological polar surface area (TPSA) is 15.3 Å². The molecule has 2 nitrogen and oxygen atoms in total. The molecule has 0 radical (unpaired) electrons. The summed E-state index contributed by atoms with van der Waals surface area (Å²) in [4.78, 5) is 2.85. The molecule has 2 aliphatic heterocycles. The highest BCUT2D eigenvalue weighted by Gasteiger charge is 2.37. The van der Waals surface area contributed by atoms with Crippen molar-refractivity contribution in [2.75, 3.05) is 13.1 Å². The second-order valence-electron chi connectivity index (χ2n) is 6.90. The van der Waals surface area contributed by atoms with Gasteiger partial charge in [-0.1, -0.05) is 28.4 Å². The number of aryl methyl sites for hydroxylation is 1. The van der Waals surface area contributed by atoms with Crippen LogP contribution in [0.1, 0.15) is 55.7 Å². The largest absolute Gasteiger partial charge is 0.312 e. The summed E-state index contributed by atoms with van der Waals surface area (Å²) >= 11 is 3.62. The van der Waals surface area contributed by atoms with Crippen molar-refractivity contribution in [1.29, 1.82) is 0 Å². The van der Waals surface area contributed by atoms with Crippen molar-refractivity contribution in [1.82, 2.24) is 10.2 Å². The number of hydrogen-bond acceptors (Lipinski definition) is 2. The third-order valence-corrected chi connectivity index (χ3v) is 6.20. The fourth-order valence-electron chi connectivity index (χ4n) is 4.75. The van der Waals surface area contributed by atoms with E-state index in [-0.39, 0.29) is 0 Å². The average molecular weight is 349 g/mol. The van der Waals surface area contributed by atoms with Crippen LogP contribution in [0.3, 0.4) is 0 Å². The molecule has 3 atom stereocenters. The number of nitrogens with zero attached hydrogens (tertiary/aromatic N) is 1. The monoisotopic (exact) mass is 348 g/mol. The minimum Gasteiger partial charge on any atom is -0.312 e. The molecule has 0 saturated carbocycles. The van der Waals surface area contributed by atoms with E-state index in [1.807, 2.05) is 0 Å². The number of halogens is 1. The van der Waals surface area contributed by atoms with Crippen molar-refractivity contribution >= 4 is 15.9 Å². The van der Waals surface area contributed by atoms with Crippen molar-refractivity contribution in [2.45, 2.75) is 63.1 Å². The molecule has 1 aromatic carbocycles. The van der Waals surface area contributed by atoms with Crippen LogP contribution in [0.4, 0.5) is 0 Å². The molecular weight excluding hydrogens is 324 g/mol. The summed E-state index contributed by atoms with van der Waals surface area (Å²) in [5.74, 6) is 0. The SMILES string of the molecule is Brc1ccc2c(c1)CCC2N1CCCCC1C1CCCN1. The molecule has 0 aromatic heterocycles. The van der Waals surface area contributed by atoms with Crippen LogP contribution in [-0.2, 0) is 6.42 Å². The summed E-state index contributed by atoms with van der Waals surface area (Å²) in [6.45, 7) is 2.52. The van der Waals surface area contributed by atoms with Gasteiger partial charge in [-0.15, -0.1) is 0 Å². The van der Waals surface area contributed by atoms with Crippen LogP contribution in [-0.4, -0.2) is 30.1 Å². The molecule has 2 heterocycles. The third-order valence-electron chi connectivity index (χ3n) is 5.71. The van der Waals surface area contributed by atoms with Crippen molar-refractivity contribution in [3.63, 3.8) is 0 Å². The minimum atomic E-state index is 0.667. The molecule has 0 amide bonds. The Kier molecular flexibility index (Phi) is 4.08. The van der Waals surface area contributed by atoms with Crippen LogP contribution < -0.4 is 5.32 Å². The van der Waals surface area contributed by atoms with Gasteiger partial charge < -0.3 is 5.32 Å². The van der Waals surface area contributed by atoms with Crippen molar-refractivity contribution in [3.8, 4) is 0 Å². The maximum absolute atomic E-state index is 3.76. The van der Waals surface area contributed by atoms with E-state index in [1.54, 1.807) is 11.1 Å². The van der Waals surface area contributed by atoms with Crippen LogP contribution in [0, 0.1) is 0 Å². The standard InChI is InChI=1S/C18H25BrN2/c19-14-7-8-15-13(12-14)6-9-17(15)21-11-2-1-5-18(21)16-4-3-10-20-16/h7-8,12,16-18,20H,1-6,9-11H2. The molecule has 1 aliphatic carbocycles. The Labute approximate surface area is 136 Å². The Hall–Kier alpha value is -0.380. The molecule has 2 saturated heterocycles. The first kappa shape index (κ1) is 14.2.